The average Bonchev–Trinajstić information content (AvgIpc) is 3.07. The number of thiophene rings is 1. The predicted octanol–water partition coefficient (Wildman–Crippen LogP) is 2.84. The van der Waals surface area contributed by atoms with E-state index in [-0.39, 0.29) is 24.3 Å². The normalized spacial score (nSPS) is 16.6. The van der Waals surface area contributed by atoms with Crippen LogP contribution in [0.4, 0.5) is 0 Å². The second-order valence-electron chi connectivity index (χ2n) is 5.02. The lowest BCUT2D eigenvalue weighted by molar-refractivity contribution is 0.0717. The molecular formula is C13H18ClN3O2S. The Morgan fingerprint density at radius 3 is 2.75 bits per heavy atom. The first-order chi connectivity index (χ1) is 9.54. The fraction of sp³-hybridized carbons (Fsp3) is 0.538. The highest BCUT2D eigenvalue weighted by Crippen LogP contribution is 2.31. The van der Waals surface area contributed by atoms with Crippen molar-refractivity contribution in [3.8, 4) is 0 Å². The van der Waals surface area contributed by atoms with E-state index < -0.39 is 0 Å². The van der Waals surface area contributed by atoms with Crippen molar-refractivity contribution in [1.29, 1.82) is 0 Å². The number of halogens is 1. The molecule has 0 atom stereocenters. The third-order valence-corrected chi connectivity index (χ3v) is 5.27. The van der Waals surface area contributed by atoms with Crippen LogP contribution < -0.4 is 5.73 Å². The lowest BCUT2D eigenvalue weighted by atomic mass is 10.2. The molecule has 3 N–H and O–H groups in total. The third-order valence-electron chi connectivity index (χ3n) is 3.58. The zero-order valence-electron chi connectivity index (χ0n) is 11.3. The number of rotatable bonds is 4. The summed E-state index contributed by atoms with van der Waals surface area (Å²) in [7, 11) is 0. The number of carbonyl (C=O) groups excluding carboxylic acids is 1. The summed E-state index contributed by atoms with van der Waals surface area (Å²) in [6.45, 7) is 2.01. The number of nitrogens with two attached hydrogens (primary N) is 1. The van der Waals surface area contributed by atoms with Crippen molar-refractivity contribution in [2.45, 2.75) is 38.6 Å². The SMILES string of the molecule is Cc1csc(C(=O)N(CC(N)=NO)C2CCCC2)c1Cl. The molecule has 0 aromatic carbocycles. The molecule has 0 aliphatic heterocycles. The predicted molar refractivity (Wildman–Crippen MR) is 80.8 cm³/mol. The molecular weight excluding hydrogens is 298 g/mol. The molecule has 0 radical (unpaired) electrons. The van der Waals surface area contributed by atoms with Gasteiger partial charge in [-0.15, -0.1) is 11.3 Å². The van der Waals surface area contributed by atoms with Crippen molar-refractivity contribution in [2.24, 2.45) is 10.9 Å². The molecule has 1 aliphatic carbocycles. The maximum absolute atomic E-state index is 12.7. The van der Waals surface area contributed by atoms with E-state index in [4.69, 9.17) is 22.5 Å². The fourth-order valence-corrected chi connectivity index (χ4v) is 3.72. The molecule has 1 aromatic heterocycles. The van der Waals surface area contributed by atoms with Gasteiger partial charge in [0.25, 0.3) is 5.91 Å². The molecule has 0 spiro atoms. The van der Waals surface area contributed by atoms with Crippen LogP contribution in [0.5, 0.6) is 0 Å². The first kappa shape index (κ1) is 15.1. The molecule has 110 valence electrons. The van der Waals surface area contributed by atoms with Crippen LogP contribution in [0, 0.1) is 6.92 Å². The van der Waals surface area contributed by atoms with Crippen LogP contribution in [-0.4, -0.2) is 34.4 Å². The summed E-state index contributed by atoms with van der Waals surface area (Å²) >= 11 is 7.52. The summed E-state index contributed by atoms with van der Waals surface area (Å²) in [5.41, 5.74) is 6.48. The topological polar surface area (TPSA) is 78.9 Å². The molecule has 20 heavy (non-hydrogen) atoms. The van der Waals surface area contributed by atoms with E-state index in [1.165, 1.54) is 11.3 Å². The van der Waals surface area contributed by atoms with E-state index in [9.17, 15) is 4.79 Å². The van der Waals surface area contributed by atoms with E-state index in [1.54, 1.807) is 4.90 Å². The Balaban J connectivity index is 2.25. The van der Waals surface area contributed by atoms with Gasteiger partial charge in [-0.05, 0) is 30.7 Å². The highest BCUT2D eigenvalue weighted by molar-refractivity contribution is 7.13. The van der Waals surface area contributed by atoms with Crippen LogP contribution in [0.15, 0.2) is 10.5 Å². The lowest BCUT2D eigenvalue weighted by Crippen LogP contribution is -2.44. The average molecular weight is 316 g/mol. The summed E-state index contributed by atoms with van der Waals surface area (Å²) in [5.74, 6) is -0.0961. The summed E-state index contributed by atoms with van der Waals surface area (Å²) in [4.78, 5) is 14.9. The van der Waals surface area contributed by atoms with Gasteiger partial charge in [0.1, 0.15) is 4.88 Å². The Morgan fingerprint density at radius 2 is 2.25 bits per heavy atom. The van der Waals surface area contributed by atoms with Crippen LogP contribution in [0.1, 0.15) is 40.9 Å². The zero-order chi connectivity index (χ0) is 14.7. The molecule has 0 bridgehead atoms. The smallest absolute Gasteiger partial charge is 0.266 e. The van der Waals surface area contributed by atoms with E-state index in [0.717, 1.165) is 31.2 Å². The minimum Gasteiger partial charge on any atom is -0.409 e. The van der Waals surface area contributed by atoms with Gasteiger partial charge in [-0.2, -0.15) is 0 Å². The number of amidine groups is 1. The standard InChI is InChI=1S/C13H18ClN3O2S/c1-8-7-20-12(11(8)14)13(18)17(6-10(15)16-19)9-4-2-3-5-9/h7,9,19H,2-6H2,1H3,(H2,15,16). The Morgan fingerprint density at radius 1 is 1.60 bits per heavy atom. The Kier molecular flexibility index (Phi) is 4.88. The van der Waals surface area contributed by atoms with Gasteiger partial charge in [-0.25, -0.2) is 0 Å². The summed E-state index contributed by atoms with van der Waals surface area (Å²) < 4.78 is 0. The number of amides is 1. The molecule has 5 nitrogen and oxygen atoms in total. The van der Waals surface area contributed by atoms with Crippen molar-refractivity contribution in [1.82, 2.24) is 4.90 Å². The molecule has 0 unspecified atom stereocenters. The van der Waals surface area contributed by atoms with Crippen LogP contribution in [-0.2, 0) is 0 Å². The number of aryl methyl sites for hydroxylation is 1. The summed E-state index contributed by atoms with van der Waals surface area (Å²) in [5, 5.41) is 14.1. The number of hydrogen-bond donors (Lipinski definition) is 2. The Labute approximate surface area is 127 Å². The maximum atomic E-state index is 12.7. The zero-order valence-corrected chi connectivity index (χ0v) is 12.9. The number of nitrogens with zero attached hydrogens (tertiary/aromatic N) is 2. The number of oxime groups is 1. The molecule has 2 rings (SSSR count). The van der Waals surface area contributed by atoms with Crippen LogP contribution in [0.25, 0.3) is 0 Å². The first-order valence-corrected chi connectivity index (χ1v) is 7.81. The molecule has 0 saturated heterocycles. The lowest BCUT2D eigenvalue weighted by Gasteiger charge is -2.28. The van der Waals surface area contributed by atoms with Gasteiger partial charge in [0.05, 0.1) is 11.6 Å². The van der Waals surface area contributed by atoms with Crippen molar-refractivity contribution in [3.05, 3.63) is 20.8 Å². The number of hydrogen-bond acceptors (Lipinski definition) is 4. The minimum atomic E-state index is -0.133. The summed E-state index contributed by atoms with van der Waals surface area (Å²) in [6, 6.07) is 0.140. The molecule has 1 heterocycles. The van der Waals surface area contributed by atoms with Crippen molar-refractivity contribution >= 4 is 34.7 Å². The summed E-state index contributed by atoms with van der Waals surface area (Å²) in [6.07, 6.45) is 4.10. The second kappa shape index (κ2) is 6.45. The third kappa shape index (κ3) is 3.07. The van der Waals surface area contributed by atoms with Crippen molar-refractivity contribution < 1.29 is 10.0 Å². The van der Waals surface area contributed by atoms with Gasteiger partial charge in [0.2, 0.25) is 0 Å². The molecule has 1 aliphatic rings. The second-order valence-corrected chi connectivity index (χ2v) is 6.28. The quantitative estimate of drug-likeness (QED) is 0.388. The molecule has 7 heteroatoms. The van der Waals surface area contributed by atoms with Crippen LogP contribution in [0.2, 0.25) is 5.02 Å². The van der Waals surface area contributed by atoms with Crippen molar-refractivity contribution in [2.75, 3.05) is 6.54 Å². The van der Waals surface area contributed by atoms with Gasteiger partial charge >= 0.3 is 0 Å². The van der Waals surface area contributed by atoms with Crippen molar-refractivity contribution in [3.63, 3.8) is 0 Å². The van der Waals surface area contributed by atoms with Gasteiger partial charge < -0.3 is 15.8 Å². The molecule has 1 fully saturated rings. The molecule has 1 aromatic rings. The minimum absolute atomic E-state index is 0.0367. The maximum Gasteiger partial charge on any atom is 0.266 e. The van der Waals surface area contributed by atoms with Crippen LogP contribution >= 0.6 is 22.9 Å². The number of carbonyl (C=O) groups is 1. The largest absolute Gasteiger partial charge is 0.409 e. The van der Waals surface area contributed by atoms with Gasteiger partial charge in [0, 0.05) is 6.04 Å². The highest BCUT2D eigenvalue weighted by Gasteiger charge is 2.30. The van der Waals surface area contributed by atoms with E-state index >= 15 is 0 Å². The Hall–Kier alpha value is -1.27. The van der Waals surface area contributed by atoms with Gasteiger partial charge in [-0.1, -0.05) is 29.6 Å². The highest BCUT2D eigenvalue weighted by atomic mass is 35.5. The monoisotopic (exact) mass is 315 g/mol. The fourth-order valence-electron chi connectivity index (χ4n) is 2.49. The van der Waals surface area contributed by atoms with E-state index in [1.807, 2.05) is 12.3 Å². The van der Waals surface area contributed by atoms with E-state index in [0.29, 0.717) is 9.90 Å². The Bertz CT molecular complexity index is 524. The first-order valence-electron chi connectivity index (χ1n) is 6.55. The molecule has 1 saturated carbocycles. The van der Waals surface area contributed by atoms with Gasteiger partial charge in [0.15, 0.2) is 5.84 Å². The van der Waals surface area contributed by atoms with Gasteiger partial charge in [-0.3, -0.25) is 4.79 Å². The molecule has 1 amide bonds. The van der Waals surface area contributed by atoms with Crippen LogP contribution in [0.3, 0.4) is 0 Å². The van der Waals surface area contributed by atoms with E-state index in [2.05, 4.69) is 5.16 Å².